The molecule has 0 heterocycles. The lowest BCUT2D eigenvalue weighted by Gasteiger charge is -2.14. The third kappa shape index (κ3) is 3.86. The fourth-order valence-corrected chi connectivity index (χ4v) is 1.87. The quantitative estimate of drug-likeness (QED) is 0.772. The molecule has 1 N–H and O–H groups in total. The average molecular weight is 236 g/mol. The number of carbonyl (C=O) groups is 1. The fraction of sp³-hybridized carbons (Fsp3) is 0.500. The van der Waals surface area contributed by atoms with Crippen molar-refractivity contribution in [3.8, 4) is 0 Å². The SMILES string of the molecule is CCOC(=O)c1ccc(C(CC)CCO)cc1. The largest absolute Gasteiger partial charge is 0.462 e. The molecule has 3 nitrogen and oxygen atoms in total. The summed E-state index contributed by atoms with van der Waals surface area (Å²) in [6.07, 6.45) is 1.74. The Balaban J connectivity index is 2.76. The van der Waals surface area contributed by atoms with E-state index >= 15 is 0 Å². The minimum atomic E-state index is -0.283. The van der Waals surface area contributed by atoms with Gasteiger partial charge in [-0.25, -0.2) is 4.79 Å². The molecule has 0 bridgehead atoms. The Hall–Kier alpha value is -1.35. The van der Waals surface area contributed by atoms with E-state index in [-0.39, 0.29) is 12.6 Å². The highest BCUT2D eigenvalue weighted by Gasteiger charge is 2.10. The van der Waals surface area contributed by atoms with Gasteiger partial charge in [-0.2, -0.15) is 0 Å². The summed E-state index contributed by atoms with van der Waals surface area (Å²) in [7, 11) is 0. The highest BCUT2D eigenvalue weighted by Crippen LogP contribution is 2.23. The second kappa shape index (κ2) is 7.07. The summed E-state index contributed by atoms with van der Waals surface area (Å²) in [6, 6.07) is 7.45. The number of ether oxygens (including phenoxy) is 1. The van der Waals surface area contributed by atoms with Crippen LogP contribution in [0.15, 0.2) is 24.3 Å². The van der Waals surface area contributed by atoms with Gasteiger partial charge in [0.2, 0.25) is 0 Å². The predicted molar refractivity (Wildman–Crippen MR) is 67.1 cm³/mol. The summed E-state index contributed by atoms with van der Waals surface area (Å²) < 4.78 is 4.92. The summed E-state index contributed by atoms with van der Waals surface area (Å²) >= 11 is 0. The maximum absolute atomic E-state index is 11.5. The van der Waals surface area contributed by atoms with Gasteiger partial charge >= 0.3 is 5.97 Å². The molecule has 1 rings (SSSR count). The van der Waals surface area contributed by atoms with Crippen molar-refractivity contribution in [3.63, 3.8) is 0 Å². The topological polar surface area (TPSA) is 46.5 Å². The van der Waals surface area contributed by atoms with Crippen LogP contribution in [-0.4, -0.2) is 24.3 Å². The summed E-state index contributed by atoms with van der Waals surface area (Å²) in [5.74, 6) is 0.0745. The molecule has 1 unspecified atom stereocenters. The van der Waals surface area contributed by atoms with E-state index in [1.807, 2.05) is 12.1 Å². The average Bonchev–Trinajstić information content (AvgIpc) is 2.36. The number of aliphatic hydroxyl groups excluding tert-OH is 1. The van der Waals surface area contributed by atoms with E-state index in [0.29, 0.717) is 18.1 Å². The second-order valence-electron chi connectivity index (χ2n) is 3.96. The Morgan fingerprint density at radius 2 is 1.94 bits per heavy atom. The molecule has 0 saturated heterocycles. The van der Waals surface area contributed by atoms with Crippen molar-refractivity contribution >= 4 is 5.97 Å². The molecular formula is C14H20O3. The van der Waals surface area contributed by atoms with E-state index in [9.17, 15) is 4.79 Å². The van der Waals surface area contributed by atoms with Crippen LogP contribution in [0.1, 0.15) is 48.5 Å². The molecule has 0 aromatic heterocycles. The highest BCUT2D eigenvalue weighted by molar-refractivity contribution is 5.89. The lowest BCUT2D eigenvalue weighted by molar-refractivity contribution is 0.0526. The van der Waals surface area contributed by atoms with E-state index in [1.54, 1.807) is 19.1 Å². The molecule has 1 atom stereocenters. The second-order valence-corrected chi connectivity index (χ2v) is 3.96. The van der Waals surface area contributed by atoms with E-state index in [4.69, 9.17) is 9.84 Å². The zero-order valence-electron chi connectivity index (χ0n) is 10.5. The Labute approximate surface area is 102 Å². The van der Waals surface area contributed by atoms with Gasteiger partial charge in [-0.05, 0) is 43.4 Å². The van der Waals surface area contributed by atoms with E-state index in [2.05, 4.69) is 6.92 Å². The Bertz CT molecular complexity index is 343. The Kier molecular flexibility index (Phi) is 5.70. The smallest absolute Gasteiger partial charge is 0.338 e. The van der Waals surface area contributed by atoms with Crippen LogP contribution < -0.4 is 0 Å². The third-order valence-corrected chi connectivity index (χ3v) is 2.86. The van der Waals surface area contributed by atoms with Crippen LogP contribution in [-0.2, 0) is 4.74 Å². The van der Waals surface area contributed by atoms with Crippen LogP contribution in [0.4, 0.5) is 0 Å². The maximum atomic E-state index is 11.5. The van der Waals surface area contributed by atoms with Gasteiger partial charge in [-0.1, -0.05) is 19.1 Å². The molecule has 0 fully saturated rings. The van der Waals surface area contributed by atoms with Gasteiger partial charge < -0.3 is 9.84 Å². The van der Waals surface area contributed by atoms with Crippen molar-refractivity contribution in [2.24, 2.45) is 0 Å². The van der Waals surface area contributed by atoms with Crippen LogP contribution >= 0.6 is 0 Å². The molecule has 0 amide bonds. The number of benzene rings is 1. The minimum Gasteiger partial charge on any atom is -0.462 e. The van der Waals surface area contributed by atoms with Crippen molar-refractivity contribution in [2.75, 3.05) is 13.2 Å². The molecule has 17 heavy (non-hydrogen) atoms. The summed E-state index contributed by atoms with van der Waals surface area (Å²) in [6.45, 7) is 4.47. The lowest BCUT2D eigenvalue weighted by Crippen LogP contribution is -2.05. The summed E-state index contributed by atoms with van der Waals surface area (Å²) in [5.41, 5.74) is 1.74. The number of hydrogen-bond donors (Lipinski definition) is 1. The van der Waals surface area contributed by atoms with Crippen molar-refractivity contribution in [3.05, 3.63) is 35.4 Å². The normalized spacial score (nSPS) is 12.2. The minimum absolute atomic E-state index is 0.193. The molecule has 94 valence electrons. The van der Waals surface area contributed by atoms with Gasteiger partial charge in [0, 0.05) is 6.61 Å². The molecule has 3 heteroatoms. The molecule has 0 aliphatic carbocycles. The molecule has 0 aliphatic heterocycles. The maximum Gasteiger partial charge on any atom is 0.338 e. The van der Waals surface area contributed by atoms with Crippen LogP contribution in [0.2, 0.25) is 0 Å². The fourth-order valence-electron chi connectivity index (χ4n) is 1.87. The molecule has 0 saturated carbocycles. The first kappa shape index (κ1) is 13.7. The van der Waals surface area contributed by atoms with Gasteiger partial charge in [0.1, 0.15) is 0 Å². The summed E-state index contributed by atoms with van der Waals surface area (Å²) in [5, 5.41) is 8.97. The van der Waals surface area contributed by atoms with Crippen LogP contribution in [0.5, 0.6) is 0 Å². The number of rotatable bonds is 6. The zero-order valence-corrected chi connectivity index (χ0v) is 10.5. The molecule has 1 aromatic rings. The Morgan fingerprint density at radius 1 is 1.29 bits per heavy atom. The van der Waals surface area contributed by atoms with E-state index in [1.165, 1.54) is 0 Å². The van der Waals surface area contributed by atoms with Crippen molar-refractivity contribution < 1.29 is 14.6 Å². The van der Waals surface area contributed by atoms with E-state index in [0.717, 1.165) is 18.4 Å². The van der Waals surface area contributed by atoms with Gasteiger partial charge in [0.15, 0.2) is 0 Å². The molecule has 0 aliphatic rings. The monoisotopic (exact) mass is 236 g/mol. The predicted octanol–water partition coefficient (Wildman–Crippen LogP) is 2.74. The van der Waals surface area contributed by atoms with Crippen molar-refractivity contribution in [2.45, 2.75) is 32.6 Å². The Morgan fingerprint density at radius 3 is 2.41 bits per heavy atom. The first-order valence-corrected chi connectivity index (χ1v) is 6.10. The van der Waals surface area contributed by atoms with Crippen LogP contribution in [0.25, 0.3) is 0 Å². The van der Waals surface area contributed by atoms with Gasteiger partial charge in [0.05, 0.1) is 12.2 Å². The molecule has 0 spiro atoms. The molecule has 1 aromatic carbocycles. The molecule has 0 radical (unpaired) electrons. The first-order valence-electron chi connectivity index (χ1n) is 6.10. The summed E-state index contributed by atoms with van der Waals surface area (Å²) in [4.78, 5) is 11.5. The van der Waals surface area contributed by atoms with Crippen molar-refractivity contribution in [1.82, 2.24) is 0 Å². The van der Waals surface area contributed by atoms with E-state index < -0.39 is 0 Å². The molecular weight excluding hydrogens is 216 g/mol. The zero-order chi connectivity index (χ0) is 12.7. The van der Waals surface area contributed by atoms with Crippen molar-refractivity contribution in [1.29, 1.82) is 0 Å². The highest BCUT2D eigenvalue weighted by atomic mass is 16.5. The van der Waals surface area contributed by atoms with Crippen LogP contribution in [0.3, 0.4) is 0 Å². The number of esters is 1. The van der Waals surface area contributed by atoms with Gasteiger partial charge in [0.25, 0.3) is 0 Å². The first-order chi connectivity index (χ1) is 8.22. The van der Waals surface area contributed by atoms with Gasteiger partial charge in [-0.15, -0.1) is 0 Å². The standard InChI is InChI=1S/C14H20O3/c1-3-11(9-10-15)12-5-7-13(8-6-12)14(16)17-4-2/h5-8,11,15H,3-4,9-10H2,1-2H3. The number of carbonyl (C=O) groups excluding carboxylic acids is 1. The van der Waals surface area contributed by atoms with Gasteiger partial charge in [-0.3, -0.25) is 0 Å². The van der Waals surface area contributed by atoms with Crippen LogP contribution in [0, 0.1) is 0 Å². The number of hydrogen-bond acceptors (Lipinski definition) is 3. The number of aliphatic hydroxyl groups is 1. The lowest BCUT2D eigenvalue weighted by atomic mass is 9.93. The third-order valence-electron chi connectivity index (χ3n) is 2.86.